The van der Waals surface area contributed by atoms with E-state index in [1.807, 2.05) is 13.1 Å². The van der Waals surface area contributed by atoms with Gasteiger partial charge in [-0.25, -0.2) is 4.39 Å². The van der Waals surface area contributed by atoms with Gasteiger partial charge >= 0.3 is 0 Å². The SMILES string of the molecule is CNCc1cccc(F)c1N1CCCC(CO)C1. The van der Waals surface area contributed by atoms with E-state index in [0.29, 0.717) is 12.2 Å². The highest BCUT2D eigenvalue weighted by Gasteiger charge is 2.23. The van der Waals surface area contributed by atoms with Crippen molar-refractivity contribution in [3.63, 3.8) is 0 Å². The third-order valence-electron chi connectivity index (χ3n) is 3.53. The second-order valence-corrected chi connectivity index (χ2v) is 4.91. The summed E-state index contributed by atoms with van der Waals surface area (Å²) in [5, 5.41) is 12.3. The van der Waals surface area contributed by atoms with Crippen molar-refractivity contribution in [1.29, 1.82) is 0 Å². The minimum absolute atomic E-state index is 0.165. The smallest absolute Gasteiger partial charge is 0.146 e. The average molecular weight is 252 g/mol. The van der Waals surface area contributed by atoms with Crippen LogP contribution >= 0.6 is 0 Å². The lowest BCUT2D eigenvalue weighted by Crippen LogP contribution is -2.38. The molecule has 0 spiro atoms. The molecular formula is C14H21FN2O. The van der Waals surface area contributed by atoms with Crippen LogP contribution in [0.5, 0.6) is 0 Å². The highest BCUT2D eigenvalue weighted by molar-refractivity contribution is 5.55. The molecule has 0 saturated carbocycles. The molecule has 0 aromatic heterocycles. The quantitative estimate of drug-likeness (QED) is 0.857. The maximum absolute atomic E-state index is 14.1. The summed E-state index contributed by atoms with van der Waals surface area (Å²) in [6, 6.07) is 5.22. The van der Waals surface area contributed by atoms with E-state index in [4.69, 9.17) is 0 Å². The summed E-state index contributed by atoms with van der Waals surface area (Å²) in [6.45, 7) is 2.46. The fraction of sp³-hybridized carbons (Fsp3) is 0.571. The number of hydrogen-bond donors (Lipinski definition) is 2. The van der Waals surface area contributed by atoms with Gasteiger partial charge in [0.25, 0.3) is 0 Å². The van der Waals surface area contributed by atoms with E-state index in [1.54, 1.807) is 6.07 Å². The van der Waals surface area contributed by atoms with Gasteiger partial charge in [0.1, 0.15) is 5.82 Å². The zero-order chi connectivity index (χ0) is 13.0. The Morgan fingerprint density at radius 2 is 2.33 bits per heavy atom. The molecule has 1 fully saturated rings. The van der Waals surface area contributed by atoms with Crippen LogP contribution in [0.3, 0.4) is 0 Å². The largest absolute Gasteiger partial charge is 0.396 e. The average Bonchev–Trinajstić information content (AvgIpc) is 2.39. The first kappa shape index (κ1) is 13.3. The molecule has 4 heteroatoms. The maximum atomic E-state index is 14.1. The van der Waals surface area contributed by atoms with E-state index in [9.17, 15) is 9.50 Å². The van der Waals surface area contributed by atoms with Crippen molar-refractivity contribution < 1.29 is 9.50 Å². The fourth-order valence-electron chi connectivity index (χ4n) is 2.66. The van der Waals surface area contributed by atoms with Gasteiger partial charge in [-0.1, -0.05) is 12.1 Å². The van der Waals surface area contributed by atoms with Crippen molar-refractivity contribution in [1.82, 2.24) is 5.32 Å². The Balaban J connectivity index is 2.25. The summed E-state index contributed by atoms with van der Waals surface area (Å²) >= 11 is 0. The van der Waals surface area contributed by atoms with Crippen LogP contribution in [0, 0.1) is 11.7 Å². The molecule has 2 N–H and O–H groups in total. The molecule has 0 bridgehead atoms. The highest BCUT2D eigenvalue weighted by Crippen LogP contribution is 2.29. The Bertz CT molecular complexity index is 397. The molecule has 2 rings (SSSR count). The molecule has 1 aromatic rings. The molecule has 1 unspecified atom stereocenters. The van der Waals surface area contributed by atoms with Crippen molar-refractivity contribution in [2.45, 2.75) is 19.4 Å². The van der Waals surface area contributed by atoms with Gasteiger partial charge in [0.05, 0.1) is 5.69 Å². The van der Waals surface area contributed by atoms with Crippen molar-refractivity contribution in [2.24, 2.45) is 5.92 Å². The van der Waals surface area contributed by atoms with Crippen LogP contribution in [0.15, 0.2) is 18.2 Å². The minimum atomic E-state index is -0.165. The number of hydrogen-bond acceptors (Lipinski definition) is 3. The van der Waals surface area contributed by atoms with E-state index in [-0.39, 0.29) is 18.3 Å². The topological polar surface area (TPSA) is 35.5 Å². The molecule has 1 aliphatic heterocycles. The van der Waals surface area contributed by atoms with Gasteiger partial charge in [-0.2, -0.15) is 0 Å². The summed E-state index contributed by atoms with van der Waals surface area (Å²) in [4.78, 5) is 2.08. The molecule has 100 valence electrons. The molecule has 0 aliphatic carbocycles. The van der Waals surface area contributed by atoms with E-state index in [2.05, 4.69) is 10.2 Å². The third-order valence-corrected chi connectivity index (χ3v) is 3.53. The zero-order valence-electron chi connectivity index (χ0n) is 10.8. The van der Waals surface area contributed by atoms with Gasteiger partial charge in [-0.15, -0.1) is 0 Å². The van der Waals surface area contributed by atoms with Gasteiger partial charge in [0.15, 0.2) is 0 Å². The molecule has 3 nitrogen and oxygen atoms in total. The Labute approximate surface area is 108 Å². The van der Waals surface area contributed by atoms with E-state index in [0.717, 1.165) is 31.5 Å². The summed E-state index contributed by atoms with van der Waals surface area (Å²) in [5.41, 5.74) is 1.68. The molecule has 1 heterocycles. The number of aliphatic hydroxyl groups excluding tert-OH is 1. The number of anilines is 1. The fourth-order valence-corrected chi connectivity index (χ4v) is 2.66. The molecule has 0 amide bonds. The first-order valence-electron chi connectivity index (χ1n) is 6.54. The Kier molecular flexibility index (Phi) is 4.55. The zero-order valence-corrected chi connectivity index (χ0v) is 10.8. The van der Waals surface area contributed by atoms with Crippen LogP contribution in [-0.2, 0) is 6.54 Å². The minimum Gasteiger partial charge on any atom is -0.396 e. The third kappa shape index (κ3) is 2.82. The maximum Gasteiger partial charge on any atom is 0.146 e. The summed E-state index contributed by atoms with van der Waals surface area (Å²) in [7, 11) is 1.86. The molecule has 18 heavy (non-hydrogen) atoms. The summed E-state index contributed by atoms with van der Waals surface area (Å²) < 4.78 is 14.1. The lowest BCUT2D eigenvalue weighted by Gasteiger charge is -2.35. The van der Waals surface area contributed by atoms with Crippen molar-refractivity contribution in [2.75, 3.05) is 31.6 Å². The van der Waals surface area contributed by atoms with Crippen LogP contribution < -0.4 is 10.2 Å². The van der Waals surface area contributed by atoms with Gasteiger partial charge in [-0.3, -0.25) is 0 Å². The van der Waals surface area contributed by atoms with E-state index < -0.39 is 0 Å². The number of piperidine rings is 1. The summed E-state index contributed by atoms with van der Waals surface area (Å²) in [5.74, 6) is 0.0992. The first-order valence-corrected chi connectivity index (χ1v) is 6.54. The highest BCUT2D eigenvalue weighted by atomic mass is 19.1. The van der Waals surface area contributed by atoms with E-state index in [1.165, 1.54) is 6.07 Å². The number of rotatable bonds is 4. The van der Waals surface area contributed by atoms with Gasteiger partial charge < -0.3 is 15.3 Å². The number of halogens is 1. The lowest BCUT2D eigenvalue weighted by atomic mass is 9.97. The number of benzene rings is 1. The molecule has 1 aromatic carbocycles. The van der Waals surface area contributed by atoms with Crippen molar-refractivity contribution in [3.05, 3.63) is 29.6 Å². The number of nitrogens with one attached hydrogen (secondary N) is 1. The molecule has 1 atom stereocenters. The van der Waals surface area contributed by atoms with Gasteiger partial charge in [-0.05, 0) is 37.4 Å². The van der Waals surface area contributed by atoms with Crippen LogP contribution in [0.25, 0.3) is 0 Å². The van der Waals surface area contributed by atoms with Crippen LogP contribution in [0.2, 0.25) is 0 Å². The second kappa shape index (κ2) is 6.16. The van der Waals surface area contributed by atoms with Crippen molar-refractivity contribution in [3.8, 4) is 0 Å². The number of nitrogens with zero attached hydrogens (tertiary/aromatic N) is 1. The Hall–Kier alpha value is -1.13. The molecule has 0 radical (unpaired) electrons. The van der Waals surface area contributed by atoms with E-state index >= 15 is 0 Å². The number of para-hydroxylation sites is 1. The Morgan fingerprint density at radius 1 is 1.50 bits per heavy atom. The van der Waals surface area contributed by atoms with Crippen LogP contribution in [-0.4, -0.2) is 31.9 Å². The second-order valence-electron chi connectivity index (χ2n) is 4.91. The predicted molar refractivity (Wildman–Crippen MR) is 71.2 cm³/mol. The standard InChI is InChI=1S/C14H21FN2O/c1-16-8-12-5-2-6-13(15)14(12)17-7-3-4-11(9-17)10-18/h2,5-6,11,16,18H,3-4,7-10H2,1H3. The number of aliphatic hydroxyl groups is 1. The molecular weight excluding hydrogens is 231 g/mol. The first-order chi connectivity index (χ1) is 8.76. The van der Waals surface area contributed by atoms with Crippen molar-refractivity contribution >= 4 is 5.69 Å². The lowest BCUT2D eigenvalue weighted by molar-refractivity contribution is 0.208. The van der Waals surface area contributed by atoms with Gasteiger partial charge in [0, 0.05) is 26.2 Å². The Morgan fingerprint density at radius 3 is 3.06 bits per heavy atom. The predicted octanol–water partition coefficient (Wildman–Crippen LogP) is 1.75. The normalized spacial score (nSPS) is 20.2. The molecule has 1 saturated heterocycles. The van der Waals surface area contributed by atoms with Crippen LogP contribution in [0.4, 0.5) is 10.1 Å². The van der Waals surface area contributed by atoms with Gasteiger partial charge in [0.2, 0.25) is 0 Å². The van der Waals surface area contributed by atoms with Crippen LogP contribution in [0.1, 0.15) is 18.4 Å². The molecule has 1 aliphatic rings. The summed E-state index contributed by atoms with van der Waals surface area (Å²) in [6.07, 6.45) is 2.04. The monoisotopic (exact) mass is 252 g/mol.